The SMILES string of the molecule is CNC(=O)CNCc1nc2c(s1)CCC2. The van der Waals surface area contributed by atoms with Crippen LogP contribution in [0.15, 0.2) is 0 Å². The van der Waals surface area contributed by atoms with Crippen molar-refractivity contribution in [3.8, 4) is 0 Å². The van der Waals surface area contributed by atoms with Gasteiger partial charge in [-0.3, -0.25) is 4.79 Å². The molecule has 0 aromatic carbocycles. The van der Waals surface area contributed by atoms with Gasteiger partial charge in [0.05, 0.1) is 12.2 Å². The summed E-state index contributed by atoms with van der Waals surface area (Å²) in [7, 11) is 1.64. The lowest BCUT2D eigenvalue weighted by Gasteiger charge is -2.00. The Morgan fingerprint density at radius 1 is 1.53 bits per heavy atom. The molecule has 1 aliphatic rings. The summed E-state index contributed by atoms with van der Waals surface area (Å²) in [6, 6.07) is 0. The first kappa shape index (κ1) is 10.6. The Balaban J connectivity index is 1.81. The number of hydrogen-bond acceptors (Lipinski definition) is 4. The highest BCUT2D eigenvalue weighted by atomic mass is 32.1. The normalized spacial score (nSPS) is 13.9. The van der Waals surface area contributed by atoms with Crippen LogP contribution in [0.1, 0.15) is 22.0 Å². The van der Waals surface area contributed by atoms with Crippen LogP contribution in [-0.2, 0) is 24.2 Å². The van der Waals surface area contributed by atoms with Crippen LogP contribution < -0.4 is 10.6 Å². The molecule has 1 aliphatic carbocycles. The number of carbonyl (C=O) groups is 1. The molecule has 0 spiro atoms. The Morgan fingerprint density at radius 2 is 2.40 bits per heavy atom. The number of nitrogens with zero attached hydrogens (tertiary/aromatic N) is 1. The second-order valence-corrected chi connectivity index (χ2v) is 4.78. The van der Waals surface area contributed by atoms with Gasteiger partial charge in [-0.25, -0.2) is 4.98 Å². The Morgan fingerprint density at radius 3 is 3.13 bits per heavy atom. The third-order valence-corrected chi connectivity index (χ3v) is 3.64. The van der Waals surface area contributed by atoms with Crippen molar-refractivity contribution in [1.82, 2.24) is 15.6 Å². The molecular formula is C10H15N3OS. The van der Waals surface area contributed by atoms with Gasteiger partial charge in [0.1, 0.15) is 5.01 Å². The zero-order valence-corrected chi connectivity index (χ0v) is 9.62. The third-order valence-electron chi connectivity index (χ3n) is 2.48. The number of nitrogens with one attached hydrogen (secondary N) is 2. The molecule has 1 aromatic heterocycles. The summed E-state index contributed by atoms with van der Waals surface area (Å²) in [6.07, 6.45) is 3.56. The van der Waals surface area contributed by atoms with Crippen LogP contribution in [0, 0.1) is 0 Å². The van der Waals surface area contributed by atoms with E-state index in [1.54, 1.807) is 18.4 Å². The number of fused-ring (bicyclic) bond motifs is 1. The van der Waals surface area contributed by atoms with E-state index < -0.39 is 0 Å². The lowest BCUT2D eigenvalue weighted by Crippen LogP contribution is -2.30. The van der Waals surface area contributed by atoms with Crippen LogP contribution in [0.25, 0.3) is 0 Å². The summed E-state index contributed by atoms with van der Waals surface area (Å²) in [4.78, 5) is 16.9. The number of rotatable bonds is 4. The molecule has 2 rings (SSSR count). The summed E-state index contributed by atoms with van der Waals surface area (Å²) in [6.45, 7) is 1.06. The van der Waals surface area contributed by atoms with Crippen molar-refractivity contribution in [3.05, 3.63) is 15.6 Å². The van der Waals surface area contributed by atoms with Crippen molar-refractivity contribution in [2.75, 3.05) is 13.6 Å². The van der Waals surface area contributed by atoms with Crippen molar-refractivity contribution in [2.45, 2.75) is 25.8 Å². The summed E-state index contributed by atoms with van der Waals surface area (Å²) in [5.74, 6) is 0.0131. The maximum Gasteiger partial charge on any atom is 0.233 e. The number of aryl methyl sites for hydroxylation is 2. The van der Waals surface area contributed by atoms with Gasteiger partial charge in [-0.05, 0) is 19.3 Å². The average molecular weight is 225 g/mol. The molecule has 0 unspecified atom stereocenters. The maximum atomic E-state index is 11.0. The quantitative estimate of drug-likeness (QED) is 0.783. The van der Waals surface area contributed by atoms with E-state index in [9.17, 15) is 4.79 Å². The minimum Gasteiger partial charge on any atom is -0.358 e. The molecule has 1 amide bonds. The van der Waals surface area contributed by atoms with E-state index in [0.29, 0.717) is 13.1 Å². The minimum atomic E-state index is 0.0131. The van der Waals surface area contributed by atoms with Gasteiger partial charge < -0.3 is 10.6 Å². The van der Waals surface area contributed by atoms with Crippen LogP contribution in [0.3, 0.4) is 0 Å². The van der Waals surface area contributed by atoms with Crippen molar-refractivity contribution >= 4 is 17.2 Å². The van der Waals surface area contributed by atoms with E-state index in [2.05, 4.69) is 15.6 Å². The van der Waals surface area contributed by atoms with Crippen molar-refractivity contribution in [2.24, 2.45) is 0 Å². The molecule has 0 radical (unpaired) electrons. The topological polar surface area (TPSA) is 54.0 Å². The monoisotopic (exact) mass is 225 g/mol. The van der Waals surface area contributed by atoms with Gasteiger partial charge in [-0.2, -0.15) is 0 Å². The minimum absolute atomic E-state index is 0.0131. The Hall–Kier alpha value is -0.940. The van der Waals surface area contributed by atoms with E-state index in [0.717, 1.165) is 11.4 Å². The molecule has 2 N–H and O–H groups in total. The molecule has 82 valence electrons. The molecule has 1 heterocycles. The van der Waals surface area contributed by atoms with E-state index >= 15 is 0 Å². The second-order valence-electron chi connectivity index (χ2n) is 3.61. The number of likely N-dealkylation sites (N-methyl/N-ethyl adjacent to an activating group) is 1. The summed E-state index contributed by atoms with van der Waals surface area (Å²) < 4.78 is 0. The lowest BCUT2D eigenvalue weighted by atomic mass is 10.4. The Kier molecular flexibility index (Phi) is 3.33. The fourth-order valence-electron chi connectivity index (χ4n) is 1.69. The molecule has 0 bridgehead atoms. The number of carbonyl (C=O) groups excluding carboxylic acids is 1. The van der Waals surface area contributed by atoms with Gasteiger partial charge in [0.15, 0.2) is 0 Å². The fraction of sp³-hybridized carbons (Fsp3) is 0.600. The highest BCUT2D eigenvalue weighted by Gasteiger charge is 2.16. The first-order valence-corrected chi connectivity index (χ1v) is 6.00. The molecule has 0 saturated heterocycles. The van der Waals surface area contributed by atoms with Gasteiger partial charge in [-0.15, -0.1) is 11.3 Å². The first-order chi connectivity index (χ1) is 7.29. The van der Waals surface area contributed by atoms with Gasteiger partial charge in [0.2, 0.25) is 5.91 Å². The highest BCUT2D eigenvalue weighted by Crippen LogP contribution is 2.27. The second kappa shape index (κ2) is 4.72. The third kappa shape index (κ3) is 2.54. The van der Waals surface area contributed by atoms with Crippen molar-refractivity contribution < 1.29 is 4.79 Å². The van der Waals surface area contributed by atoms with Crippen LogP contribution in [0.4, 0.5) is 0 Å². The largest absolute Gasteiger partial charge is 0.358 e. The summed E-state index contributed by atoms with van der Waals surface area (Å²) in [5.41, 5.74) is 1.27. The molecule has 4 nitrogen and oxygen atoms in total. The van der Waals surface area contributed by atoms with Gasteiger partial charge in [0.25, 0.3) is 0 Å². The van der Waals surface area contributed by atoms with E-state index in [1.807, 2.05) is 0 Å². The number of amides is 1. The maximum absolute atomic E-state index is 11.0. The number of thiazole rings is 1. The summed E-state index contributed by atoms with van der Waals surface area (Å²) >= 11 is 1.78. The zero-order valence-electron chi connectivity index (χ0n) is 8.80. The van der Waals surface area contributed by atoms with Gasteiger partial charge >= 0.3 is 0 Å². The first-order valence-electron chi connectivity index (χ1n) is 5.18. The van der Waals surface area contributed by atoms with E-state index in [-0.39, 0.29) is 5.91 Å². The smallest absolute Gasteiger partial charge is 0.233 e. The summed E-state index contributed by atoms with van der Waals surface area (Å²) in [5, 5.41) is 6.75. The average Bonchev–Trinajstić information content (AvgIpc) is 2.77. The standard InChI is InChI=1S/C10H15N3OS/c1-11-9(14)5-12-6-10-13-7-3-2-4-8(7)15-10/h12H,2-6H2,1H3,(H,11,14). The van der Waals surface area contributed by atoms with Crippen LogP contribution in [-0.4, -0.2) is 24.5 Å². The molecule has 5 heteroatoms. The molecule has 0 fully saturated rings. The molecule has 0 atom stereocenters. The lowest BCUT2D eigenvalue weighted by molar-refractivity contribution is -0.119. The van der Waals surface area contributed by atoms with E-state index in [4.69, 9.17) is 0 Å². The van der Waals surface area contributed by atoms with Crippen LogP contribution in [0.5, 0.6) is 0 Å². The van der Waals surface area contributed by atoms with Crippen molar-refractivity contribution in [3.63, 3.8) is 0 Å². The Labute approximate surface area is 93.1 Å². The molecule has 15 heavy (non-hydrogen) atoms. The van der Waals surface area contributed by atoms with Crippen molar-refractivity contribution in [1.29, 1.82) is 0 Å². The fourth-order valence-corrected chi connectivity index (χ4v) is 2.82. The molecular weight excluding hydrogens is 210 g/mol. The number of aromatic nitrogens is 1. The van der Waals surface area contributed by atoms with E-state index in [1.165, 1.54) is 23.4 Å². The van der Waals surface area contributed by atoms with Crippen LogP contribution in [0.2, 0.25) is 0 Å². The predicted molar refractivity (Wildman–Crippen MR) is 59.9 cm³/mol. The molecule has 0 saturated carbocycles. The van der Waals surface area contributed by atoms with Gasteiger partial charge in [0, 0.05) is 18.5 Å². The molecule has 1 aromatic rings. The zero-order chi connectivity index (χ0) is 10.7. The highest BCUT2D eigenvalue weighted by molar-refractivity contribution is 7.11. The van der Waals surface area contributed by atoms with Crippen LogP contribution >= 0.6 is 11.3 Å². The molecule has 0 aliphatic heterocycles. The Bertz CT molecular complexity index is 340. The number of hydrogen-bond donors (Lipinski definition) is 2. The predicted octanol–water partition coefficient (Wildman–Crippen LogP) is 0.467. The van der Waals surface area contributed by atoms with Gasteiger partial charge in [-0.1, -0.05) is 0 Å².